The highest BCUT2D eigenvalue weighted by molar-refractivity contribution is 6.42. The SMILES string of the molecule is COC(=O)C(CC(C)C)NC(=O)Nc1ccc(Cl)c(Cl)c1. The first-order chi connectivity index (χ1) is 9.83. The largest absolute Gasteiger partial charge is 0.467 e. The standard InChI is InChI=1S/C14H18Cl2N2O3/c1-8(2)6-12(13(19)21-3)18-14(20)17-9-4-5-10(15)11(16)7-9/h4-5,7-8,12H,6H2,1-3H3,(H2,17,18,20). The van der Waals surface area contributed by atoms with E-state index in [-0.39, 0.29) is 5.92 Å². The van der Waals surface area contributed by atoms with Crippen LogP contribution < -0.4 is 10.6 Å². The molecule has 7 heteroatoms. The highest BCUT2D eigenvalue weighted by atomic mass is 35.5. The van der Waals surface area contributed by atoms with E-state index in [0.717, 1.165) is 0 Å². The highest BCUT2D eigenvalue weighted by Gasteiger charge is 2.22. The van der Waals surface area contributed by atoms with E-state index in [1.165, 1.54) is 13.2 Å². The van der Waals surface area contributed by atoms with Gasteiger partial charge in [0.25, 0.3) is 0 Å². The summed E-state index contributed by atoms with van der Waals surface area (Å²) in [6.07, 6.45) is 0.488. The van der Waals surface area contributed by atoms with Gasteiger partial charge in [0.05, 0.1) is 17.2 Å². The molecule has 1 rings (SSSR count). The molecule has 0 aliphatic heterocycles. The summed E-state index contributed by atoms with van der Waals surface area (Å²) in [5, 5.41) is 5.91. The predicted octanol–water partition coefficient (Wildman–Crippen LogP) is 3.70. The van der Waals surface area contributed by atoms with Crippen molar-refractivity contribution in [2.24, 2.45) is 5.92 Å². The van der Waals surface area contributed by atoms with Gasteiger partial charge in [0, 0.05) is 5.69 Å². The van der Waals surface area contributed by atoms with Gasteiger partial charge < -0.3 is 15.4 Å². The second-order valence-electron chi connectivity index (χ2n) is 4.93. The molecular formula is C14H18Cl2N2O3. The van der Waals surface area contributed by atoms with E-state index >= 15 is 0 Å². The summed E-state index contributed by atoms with van der Waals surface area (Å²) in [6.45, 7) is 3.91. The van der Waals surface area contributed by atoms with Crippen LogP contribution in [0.1, 0.15) is 20.3 Å². The van der Waals surface area contributed by atoms with Gasteiger partial charge >= 0.3 is 12.0 Å². The first-order valence-corrected chi connectivity index (χ1v) is 7.19. The number of carbonyl (C=O) groups excluding carboxylic acids is 2. The van der Waals surface area contributed by atoms with Gasteiger partial charge in [-0.05, 0) is 30.5 Å². The van der Waals surface area contributed by atoms with Crippen LogP contribution in [0.2, 0.25) is 10.0 Å². The van der Waals surface area contributed by atoms with Crippen LogP contribution in [-0.4, -0.2) is 25.2 Å². The topological polar surface area (TPSA) is 67.4 Å². The Kier molecular flexibility index (Phi) is 6.78. The van der Waals surface area contributed by atoms with Gasteiger partial charge in [0.2, 0.25) is 0 Å². The smallest absolute Gasteiger partial charge is 0.328 e. The molecule has 0 radical (unpaired) electrons. The lowest BCUT2D eigenvalue weighted by Gasteiger charge is -2.18. The van der Waals surface area contributed by atoms with Crippen LogP contribution in [0.5, 0.6) is 0 Å². The van der Waals surface area contributed by atoms with Crippen LogP contribution in [0.4, 0.5) is 10.5 Å². The minimum absolute atomic E-state index is 0.236. The molecule has 0 spiro atoms. The van der Waals surface area contributed by atoms with Crippen LogP contribution in [0.15, 0.2) is 18.2 Å². The summed E-state index contributed by atoms with van der Waals surface area (Å²) >= 11 is 11.7. The van der Waals surface area contributed by atoms with Crippen molar-refractivity contribution in [2.45, 2.75) is 26.3 Å². The summed E-state index contributed by atoms with van der Waals surface area (Å²) in [4.78, 5) is 23.5. The summed E-state index contributed by atoms with van der Waals surface area (Å²) in [7, 11) is 1.29. The highest BCUT2D eigenvalue weighted by Crippen LogP contribution is 2.24. The third-order valence-electron chi connectivity index (χ3n) is 2.68. The van der Waals surface area contributed by atoms with Gasteiger partial charge in [-0.1, -0.05) is 37.0 Å². The number of halogens is 2. The summed E-state index contributed by atoms with van der Waals surface area (Å²) in [6, 6.07) is 3.51. The third-order valence-corrected chi connectivity index (χ3v) is 3.41. The number of anilines is 1. The zero-order chi connectivity index (χ0) is 16.0. The van der Waals surface area contributed by atoms with E-state index in [1.807, 2.05) is 13.8 Å². The zero-order valence-corrected chi connectivity index (χ0v) is 13.6. The number of esters is 1. The number of methoxy groups -OCH3 is 1. The van der Waals surface area contributed by atoms with E-state index in [0.29, 0.717) is 22.2 Å². The van der Waals surface area contributed by atoms with Gasteiger partial charge in [0.15, 0.2) is 0 Å². The molecule has 1 aromatic carbocycles. The van der Waals surface area contributed by atoms with Crippen molar-refractivity contribution in [1.29, 1.82) is 0 Å². The number of rotatable bonds is 5. The third kappa shape index (κ3) is 5.81. The van der Waals surface area contributed by atoms with E-state index in [9.17, 15) is 9.59 Å². The molecular weight excluding hydrogens is 315 g/mol. The van der Waals surface area contributed by atoms with E-state index in [2.05, 4.69) is 15.4 Å². The average molecular weight is 333 g/mol. The Bertz CT molecular complexity index is 521. The fourth-order valence-electron chi connectivity index (χ4n) is 1.73. The molecule has 1 atom stereocenters. The zero-order valence-electron chi connectivity index (χ0n) is 12.1. The van der Waals surface area contributed by atoms with Crippen LogP contribution in [0, 0.1) is 5.92 Å². The van der Waals surface area contributed by atoms with Crippen molar-refractivity contribution >= 4 is 40.9 Å². The molecule has 21 heavy (non-hydrogen) atoms. The Balaban J connectivity index is 2.68. The van der Waals surface area contributed by atoms with Crippen molar-refractivity contribution in [3.05, 3.63) is 28.2 Å². The van der Waals surface area contributed by atoms with Crippen molar-refractivity contribution in [3.63, 3.8) is 0 Å². The van der Waals surface area contributed by atoms with E-state index in [4.69, 9.17) is 23.2 Å². The number of urea groups is 1. The molecule has 0 heterocycles. The van der Waals surface area contributed by atoms with Gasteiger partial charge in [-0.15, -0.1) is 0 Å². The van der Waals surface area contributed by atoms with Crippen molar-refractivity contribution < 1.29 is 14.3 Å². The van der Waals surface area contributed by atoms with Crippen LogP contribution in [0.25, 0.3) is 0 Å². The Labute approximate surface area is 133 Å². The molecule has 1 unspecified atom stereocenters. The fraction of sp³-hybridized carbons (Fsp3) is 0.429. The lowest BCUT2D eigenvalue weighted by atomic mass is 10.0. The molecule has 0 aliphatic rings. The molecule has 0 saturated carbocycles. The Morgan fingerprint density at radius 3 is 2.43 bits per heavy atom. The van der Waals surface area contributed by atoms with Crippen LogP contribution in [-0.2, 0) is 9.53 Å². The van der Waals surface area contributed by atoms with Crippen molar-refractivity contribution in [1.82, 2.24) is 5.32 Å². The second kappa shape index (κ2) is 8.10. The van der Waals surface area contributed by atoms with Crippen molar-refractivity contribution in [3.8, 4) is 0 Å². The monoisotopic (exact) mass is 332 g/mol. The van der Waals surface area contributed by atoms with Crippen LogP contribution >= 0.6 is 23.2 Å². The maximum Gasteiger partial charge on any atom is 0.328 e. The van der Waals surface area contributed by atoms with Gasteiger partial charge in [0.1, 0.15) is 6.04 Å². The summed E-state index contributed by atoms with van der Waals surface area (Å²) in [5.74, 6) is -0.243. The molecule has 2 amide bonds. The molecule has 2 N–H and O–H groups in total. The van der Waals surface area contributed by atoms with Crippen molar-refractivity contribution in [2.75, 3.05) is 12.4 Å². The molecule has 0 aliphatic carbocycles. The predicted molar refractivity (Wildman–Crippen MR) is 83.9 cm³/mol. The Hall–Kier alpha value is -1.46. The number of benzene rings is 1. The summed E-state index contributed by atoms with van der Waals surface area (Å²) in [5.41, 5.74) is 0.482. The van der Waals surface area contributed by atoms with Crippen LogP contribution in [0.3, 0.4) is 0 Å². The quantitative estimate of drug-likeness (QED) is 0.808. The number of hydrogen-bond donors (Lipinski definition) is 2. The Morgan fingerprint density at radius 1 is 1.24 bits per heavy atom. The lowest BCUT2D eigenvalue weighted by Crippen LogP contribution is -2.44. The molecule has 116 valence electrons. The molecule has 0 fully saturated rings. The maximum absolute atomic E-state index is 11.9. The summed E-state index contributed by atoms with van der Waals surface area (Å²) < 4.78 is 4.68. The van der Waals surface area contributed by atoms with E-state index < -0.39 is 18.0 Å². The van der Waals surface area contributed by atoms with Gasteiger partial charge in [-0.2, -0.15) is 0 Å². The minimum atomic E-state index is -0.697. The average Bonchev–Trinajstić information content (AvgIpc) is 2.40. The molecule has 0 saturated heterocycles. The van der Waals surface area contributed by atoms with E-state index in [1.54, 1.807) is 12.1 Å². The number of ether oxygens (including phenoxy) is 1. The fourth-order valence-corrected chi connectivity index (χ4v) is 2.03. The number of carbonyl (C=O) groups is 2. The first-order valence-electron chi connectivity index (χ1n) is 6.44. The second-order valence-corrected chi connectivity index (χ2v) is 5.75. The molecule has 0 aromatic heterocycles. The maximum atomic E-state index is 11.9. The molecule has 0 bridgehead atoms. The first kappa shape index (κ1) is 17.6. The molecule has 1 aromatic rings. The van der Waals surface area contributed by atoms with Gasteiger partial charge in [-0.25, -0.2) is 9.59 Å². The Morgan fingerprint density at radius 2 is 1.90 bits per heavy atom. The number of hydrogen-bond acceptors (Lipinski definition) is 3. The number of amides is 2. The normalized spacial score (nSPS) is 11.9. The lowest BCUT2D eigenvalue weighted by molar-refractivity contribution is -0.143. The van der Waals surface area contributed by atoms with Gasteiger partial charge in [-0.3, -0.25) is 0 Å². The number of nitrogens with one attached hydrogen (secondary N) is 2. The minimum Gasteiger partial charge on any atom is -0.467 e. The molecule has 5 nitrogen and oxygen atoms in total.